The van der Waals surface area contributed by atoms with E-state index >= 15 is 0 Å². The Morgan fingerprint density at radius 3 is 2.00 bits per heavy atom. The van der Waals surface area contributed by atoms with Crippen LogP contribution in [0, 0.1) is 0 Å². The van der Waals surface area contributed by atoms with Crippen LogP contribution in [0.5, 0.6) is 0 Å². The second-order valence-electron chi connectivity index (χ2n) is 6.67. The van der Waals surface area contributed by atoms with Gasteiger partial charge in [0.05, 0.1) is 24.2 Å². The third kappa shape index (κ3) is 10.7. The van der Waals surface area contributed by atoms with Crippen molar-refractivity contribution in [1.29, 1.82) is 0 Å². The van der Waals surface area contributed by atoms with E-state index in [9.17, 15) is 9.59 Å². The monoisotopic (exact) mass is 429 g/mol. The fraction of sp³-hybridized carbons (Fsp3) is 0.650. The molecule has 1 aromatic heterocycles. The average molecular weight is 429 g/mol. The molecule has 7 nitrogen and oxygen atoms in total. The van der Waals surface area contributed by atoms with Gasteiger partial charge in [0, 0.05) is 13.1 Å². The summed E-state index contributed by atoms with van der Waals surface area (Å²) in [7, 11) is 0. The number of pyridine rings is 1. The summed E-state index contributed by atoms with van der Waals surface area (Å²) in [5.41, 5.74) is 1.23. The van der Waals surface area contributed by atoms with Crippen molar-refractivity contribution in [3.05, 3.63) is 29.6 Å². The quantitative estimate of drug-likeness (QED) is 0.507. The molecule has 0 amide bonds. The van der Waals surface area contributed by atoms with Crippen LogP contribution in [0.2, 0.25) is 0 Å². The van der Waals surface area contributed by atoms with Crippen LogP contribution in [-0.2, 0) is 52.9 Å². The van der Waals surface area contributed by atoms with Gasteiger partial charge in [-0.25, -0.2) is 0 Å². The Hall–Kier alpha value is -1.57. The minimum absolute atomic E-state index is 0.125. The molecule has 0 aromatic carbocycles. The van der Waals surface area contributed by atoms with E-state index in [1.165, 1.54) is 25.7 Å². The number of carbonyl (C=O) groups is 2. The van der Waals surface area contributed by atoms with E-state index in [1.54, 1.807) is 18.2 Å². The standard InChI is InChI=1S/C20H30N2O4.O.V/c1-2-3-4-5-6-10-22-11-13-25-19(23)15-17-8-7-9-18(21-17)16-20(24)26-14-12-22;;/h7-9H,2-6,10-16H2,1H3;;. The number of fused-ring (bicyclic) bond motifs is 2. The SMILES string of the molecule is CCCCCCCN1CCOC(=O)Cc2cccc(n2)CC(=O)OCC1.[O]=[V]. The fourth-order valence-corrected chi connectivity index (χ4v) is 2.98. The molecule has 0 spiro atoms. The molecule has 28 heavy (non-hydrogen) atoms. The number of cyclic esters (lactones) is 2. The van der Waals surface area contributed by atoms with Crippen molar-refractivity contribution in [3.8, 4) is 0 Å². The van der Waals surface area contributed by atoms with Crippen LogP contribution in [0.25, 0.3) is 0 Å². The molecule has 1 aliphatic rings. The molecule has 155 valence electrons. The van der Waals surface area contributed by atoms with Gasteiger partial charge in [-0.05, 0) is 25.1 Å². The Morgan fingerprint density at radius 2 is 1.46 bits per heavy atom. The zero-order chi connectivity index (χ0) is 20.6. The summed E-state index contributed by atoms with van der Waals surface area (Å²) in [6.07, 6.45) is 6.30. The van der Waals surface area contributed by atoms with Gasteiger partial charge >= 0.3 is 33.0 Å². The summed E-state index contributed by atoms with van der Waals surface area (Å²) in [4.78, 5) is 30.5. The van der Waals surface area contributed by atoms with Gasteiger partial charge in [0.1, 0.15) is 13.2 Å². The van der Waals surface area contributed by atoms with Gasteiger partial charge in [0.25, 0.3) is 0 Å². The van der Waals surface area contributed by atoms with Crippen molar-refractivity contribution in [1.82, 2.24) is 9.88 Å². The number of aromatic nitrogens is 1. The van der Waals surface area contributed by atoms with Crippen LogP contribution in [-0.4, -0.2) is 54.7 Å². The first-order valence-corrected chi connectivity index (χ1v) is 10.4. The Kier molecular flexibility index (Phi) is 13.4. The molecular weight excluding hydrogens is 399 g/mol. The molecule has 8 heteroatoms. The maximum atomic E-state index is 12.0. The van der Waals surface area contributed by atoms with E-state index in [-0.39, 0.29) is 24.8 Å². The molecule has 1 aromatic rings. The molecule has 0 aliphatic carbocycles. The van der Waals surface area contributed by atoms with Crippen molar-refractivity contribution in [2.24, 2.45) is 0 Å². The van der Waals surface area contributed by atoms with Gasteiger partial charge in [0.2, 0.25) is 0 Å². The summed E-state index contributed by atoms with van der Waals surface area (Å²) < 4.78 is 18.9. The molecule has 2 heterocycles. The molecule has 0 unspecified atom stereocenters. The first-order chi connectivity index (χ1) is 13.7. The van der Waals surface area contributed by atoms with Crippen LogP contribution >= 0.6 is 0 Å². The number of carbonyl (C=O) groups excluding carboxylic acids is 2. The first-order valence-electron chi connectivity index (χ1n) is 9.84. The normalized spacial score (nSPS) is 16.1. The summed E-state index contributed by atoms with van der Waals surface area (Å²) in [6, 6.07) is 5.33. The summed E-state index contributed by atoms with van der Waals surface area (Å²) >= 11 is 1.06. The average Bonchev–Trinajstić information content (AvgIpc) is 2.68. The Morgan fingerprint density at radius 1 is 0.929 bits per heavy atom. The van der Waals surface area contributed by atoms with Gasteiger partial charge in [-0.2, -0.15) is 0 Å². The molecular formula is C20H30N2O5V. The van der Waals surface area contributed by atoms with E-state index in [0.29, 0.717) is 37.7 Å². The van der Waals surface area contributed by atoms with Crippen LogP contribution in [0.4, 0.5) is 0 Å². The van der Waals surface area contributed by atoms with Gasteiger partial charge in [-0.1, -0.05) is 38.7 Å². The van der Waals surface area contributed by atoms with E-state index in [4.69, 9.17) is 13.1 Å². The Bertz CT molecular complexity index is 560. The minimum atomic E-state index is -0.280. The Labute approximate surface area is 176 Å². The summed E-state index contributed by atoms with van der Waals surface area (Å²) in [5, 5.41) is 0. The predicted octanol–water partition coefficient (Wildman–Crippen LogP) is 2.42. The third-order valence-electron chi connectivity index (χ3n) is 4.43. The van der Waals surface area contributed by atoms with Gasteiger partial charge in [0.15, 0.2) is 0 Å². The zero-order valence-electron chi connectivity index (χ0n) is 16.6. The number of esters is 2. The molecule has 1 aliphatic heterocycles. The second kappa shape index (κ2) is 15.4. The van der Waals surface area contributed by atoms with Crippen molar-refractivity contribution in [2.75, 3.05) is 32.8 Å². The molecule has 0 atom stereocenters. The zero-order valence-corrected chi connectivity index (χ0v) is 18.0. The van der Waals surface area contributed by atoms with Crippen LogP contribution < -0.4 is 0 Å². The number of rotatable bonds is 6. The van der Waals surface area contributed by atoms with Crippen LogP contribution in [0.15, 0.2) is 18.2 Å². The number of nitrogens with zero attached hydrogens (tertiary/aromatic N) is 2. The Balaban J connectivity index is 0.00000190. The van der Waals surface area contributed by atoms with E-state index in [2.05, 4.69) is 16.8 Å². The van der Waals surface area contributed by atoms with Crippen LogP contribution in [0.1, 0.15) is 50.4 Å². The van der Waals surface area contributed by atoms with Gasteiger partial charge in [-0.3, -0.25) is 19.5 Å². The third-order valence-corrected chi connectivity index (χ3v) is 4.43. The summed E-state index contributed by atoms with van der Waals surface area (Å²) in [6.45, 7) is 5.15. The topological polar surface area (TPSA) is 85.8 Å². The van der Waals surface area contributed by atoms with Crippen molar-refractivity contribution >= 4 is 11.9 Å². The van der Waals surface area contributed by atoms with Gasteiger partial charge in [-0.15, -0.1) is 0 Å². The number of hydrogen-bond donors (Lipinski definition) is 0. The number of unbranched alkanes of at least 4 members (excludes halogenated alkanes) is 4. The molecule has 0 radical (unpaired) electrons. The second-order valence-corrected chi connectivity index (χ2v) is 6.67. The van der Waals surface area contributed by atoms with E-state index in [1.807, 2.05) is 0 Å². The van der Waals surface area contributed by atoms with Crippen molar-refractivity contribution in [2.45, 2.75) is 51.9 Å². The fourth-order valence-electron chi connectivity index (χ4n) is 2.98. The number of ether oxygens (including phenoxy) is 2. The van der Waals surface area contributed by atoms with Crippen LogP contribution in [0.3, 0.4) is 0 Å². The van der Waals surface area contributed by atoms with E-state index < -0.39 is 0 Å². The van der Waals surface area contributed by atoms with Crippen molar-refractivity contribution in [3.63, 3.8) is 0 Å². The number of hydrogen-bond acceptors (Lipinski definition) is 7. The maximum absolute atomic E-state index is 12.0. The first kappa shape index (κ1) is 24.5. The van der Waals surface area contributed by atoms with E-state index in [0.717, 1.165) is 30.3 Å². The molecule has 2 rings (SSSR count). The molecule has 0 saturated carbocycles. The predicted molar refractivity (Wildman–Crippen MR) is 99.4 cm³/mol. The molecule has 2 bridgehead atoms. The van der Waals surface area contributed by atoms with Gasteiger partial charge < -0.3 is 9.47 Å². The molecule has 0 fully saturated rings. The molecule has 0 N–H and O–H groups in total. The van der Waals surface area contributed by atoms with Crippen molar-refractivity contribution < 1.29 is 40.1 Å². The molecule has 0 saturated heterocycles. The summed E-state index contributed by atoms with van der Waals surface area (Å²) in [5.74, 6) is -0.561.